The van der Waals surface area contributed by atoms with Gasteiger partial charge in [0.15, 0.2) is 0 Å². The van der Waals surface area contributed by atoms with Crippen LogP contribution in [0.1, 0.15) is 31.7 Å². The topological polar surface area (TPSA) is 20.3 Å². The fourth-order valence-electron chi connectivity index (χ4n) is 2.46. The predicted octanol–water partition coefficient (Wildman–Crippen LogP) is 3.42. The first-order chi connectivity index (χ1) is 8.65. The normalized spacial score (nSPS) is 22.0. The molecule has 1 aromatic carbocycles. The maximum Gasteiger partial charge on any atom is 0.226 e. The molecule has 0 aromatic heterocycles. The molecular weight excluding hydrogens is 290 g/mol. The maximum atomic E-state index is 12.4. The molecule has 0 saturated heterocycles. The van der Waals surface area contributed by atoms with Crippen molar-refractivity contribution in [2.24, 2.45) is 5.92 Å². The molecule has 2 rings (SSSR count). The zero-order valence-electron chi connectivity index (χ0n) is 11.0. The first kappa shape index (κ1) is 13.6. The molecule has 0 aliphatic heterocycles. The van der Waals surface area contributed by atoms with Gasteiger partial charge in [0, 0.05) is 23.8 Å². The van der Waals surface area contributed by atoms with E-state index in [2.05, 4.69) is 41.9 Å². The lowest BCUT2D eigenvalue weighted by Crippen LogP contribution is -2.39. The van der Waals surface area contributed by atoms with E-state index in [1.54, 1.807) is 0 Å². The Hall–Kier alpha value is -0.830. The summed E-state index contributed by atoms with van der Waals surface area (Å²) in [7, 11) is 0. The first-order valence-electron chi connectivity index (χ1n) is 6.56. The highest BCUT2D eigenvalue weighted by molar-refractivity contribution is 9.09. The molecule has 0 bridgehead atoms. The van der Waals surface area contributed by atoms with Crippen LogP contribution in [0.3, 0.4) is 0 Å². The zero-order chi connectivity index (χ0) is 13.1. The molecule has 2 nitrogen and oxygen atoms in total. The SMILES string of the molecule is CC(C)N(CCBr)C(=O)C1CC1c1ccccc1. The Labute approximate surface area is 117 Å². The number of carbonyl (C=O) groups excluding carboxylic acids is 1. The van der Waals surface area contributed by atoms with Crippen molar-refractivity contribution in [3.63, 3.8) is 0 Å². The van der Waals surface area contributed by atoms with Gasteiger partial charge < -0.3 is 4.90 Å². The van der Waals surface area contributed by atoms with Gasteiger partial charge in [-0.1, -0.05) is 46.3 Å². The van der Waals surface area contributed by atoms with Crippen LogP contribution < -0.4 is 0 Å². The monoisotopic (exact) mass is 309 g/mol. The van der Waals surface area contributed by atoms with Crippen LogP contribution in [0.25, 0.3) is 0 Å². The second kappa shape index (κ2) is 5.87. The predicted molar refractivity (Wildman–Crippen MR) is 77.9 cm³/mol. The minimum Gasteiger partial charge on any atom is -0.339 e. The van der Waals surface area contributed by atoms with Gasteiger partial charge in [-0.15, -0.1) is 0 Å². The highest BCUT2D eigenvalue weighted by atomic mass is 79.9. The van der Waals surface area contributed by atoms with E-state index in [4.69, 9.17) is 0 Å². The number of halogens is 1. The molecule has 1 aromatic rings. The van der Waals surface area contributed by atoms with E-state index in [1.165, 1.54) is 5.56 Å². The quantitative estimate of drug-likeness (QED) is 0.763. The molecule has 0 radical (unpaired) electrons. The fourth-order valence-corrected chi connectivity index (χ4v) is 2.85. The fraction of sp³-hybridized carbons (Fsp3) is 0.533. The Balaban J connectivity index is 2.00. The van der Waals surface area contributed by atoms with E-state index >= 15 is 0 Å². The minimum atomic E-state index is 0.203. The zero-order valence-corrected chi connectivity index (χ0v) is 12.6. The Morgan fingerprint density at radius 3 is 2.61 bits per heavy atom. The average Bonchev–Trinajstić information content (AvgIpc) is 3.16. The Morgan fingerprint density at radius 1 is 1.39 bits per heavy atom. The molecule has 1 fully saturated rings. The molecule has 2 atom stereocenters. The highest BCUT2D eigenvalue weighted by Crippen LogP contribution is 2.48. The molecule has 18 heavy (non-hydrogen) atoms. The first-order valence-corrected chi connectivity index (χ1v) is 7.68. The van der Waals surface area contributed by atoms with Crippen LogP contribution in [0.5, 0.6) is 0 Å². The Morgan fingerprint density at radius 2 is 2.06 bits per heavy atom. The number of alkyl halides is 1. The van der Waals surface area contributed by atoms with Crippen molar-refractivity contribution in [2.45, 2.75) is 32.2 Å². The molecule has 1 amide bonds. The third-order valence-corrected chi connectivity index (χ3v) is 3.92. The van der Waals surface area contributed by atoms with Gasteiger partial charge in [0.2, 0.25) is 5.91 Å². The number of nitrogens with zero attached hydrogens (tertiary/aromatic N) is 1. The number of benzene rings is 1. The van der Waals surface area contributed by atoms with E-state index in [1.807, 2.05) is 23.1 Å². The summed E-state index contributed by atoms with van der Waals surface area (Å²) in [4.78, 5) is 14.4. The number of carbonyl (C=O) groups is 1. The molecule has 3 heteroatoms. The van der Waals surface area contributed by atoms with Crippen molar-refractivity contribution in [1.82, 2.24) is 4.90 Å². The second-order valence-electron chi connectivity index (χ2n) is 5.17. The van der Waals surface area contributed by atoms with E-state index in [9.17, 15) is 4.79 Å². The van der Waals surface area contributed by atoms with Crippen LogP contribution in [0, 0.1) is 5.92 Å². The van der Waals surface area contributed by atoms with Gasteiger partial charge in [-0.25, -0.2) is 0 Å². The van der Waals surface area contributed by atoms with Gasteiger partial charge in [0.1, 0.15) is 0 Å². The van der Waals surface area contributed by atoms with Crippen molar-refractivity contribution in [2.75, 3.05) is 11.9 Å². The third-order valence-electron chi connectivity index (χ3n) is 3.57. The molecular formula is C15H20BrNO. The second-order valence-corrected chi connectivity index (χ2v) is 5.97. The minimum absolute atomic E-state index is 0.203. The lowest BCUT2D eigenvalue weighted by molar-refractivity contribution is -0.134. The summed E-state index contributed by atoms with van der Waals surface area (Å²) in [5.41, 5.74) is 1.30. The van der Waals surface area contributed by atoms with Gasteiger partial charge in [-0.3, -0.25) is 4.79 Å². The van der Waals surface area contributed by atoms with Crippen molar-refractivity contribution >= 4 is 21.8 Å². The van der Waals surface area contributed by atoms with Gasteiger partial charge in [0.25, 0.3) is 0 Å². The third kappa shape index (κ3) is 2.94. The lowest BCUT2D eigenvalue weighted by Gasteiger charge is -2.26. The van der Waals surface area contributed by atoms with Crippen LogP contribution in [0.2, 0.25) is 0 Å². The standard InChI is InChI=1S/C15H20BrNO/c1-11(2)17(9-8-16)15(18)14-10-13(14)12-6-4-3-5-7-12/h3-7,11,13-14H,8-10H2,1-2H3. The summed E-state index contributed by atoms with van der Waals surface area (Å²) in [6.45, 7) is 4.97. The van der Waals surface area contributed by atoms with Crippen molar-refractivity contribution in [3.8, 4) is 0 Å². The van der Waals surface area contributed by atoms with E-state index in [0.29, 0.717) is 11.8 Å². The van der Waals surface area contributed by atoms with Gasteiger partial charge >= 0.3 is 0 Å². The van der Waals surface area contributed by atoms with Crippen LogP contribution in [0.4, 0.5) is 0 Å². The summed E-state index contributed by atoms with van der Waals surface area (Å²) < 4.78 is 0. The lowest BCUT2D eigenvalue weighted by atomic mass is 10.1. The molecule has 1 aliphatic rings. The van der Waals surface area contributed by atoms with Gasteiger partial charge in [0.05, 0.1) is 0 Å². The molecule has 2 unspecified atom stereocenters. The summed E-state index contributed by atoms with van der Waals surface area (Å²) in [5.74, 6) is 0.961. The number of amides is 1. The van der Waals surface area contributed by atoms with Crippen LogP contribution in [0.15, 0.2) is 30.3 Å². The smallest absolute Gasteiger partial charge is 0.226 e. The van der Waals surface area contributed by atoms with Crippen molar-refractivity contribution < 1.29 is 4.79 Å². The van der Waals surface area contributed by atoms with Crippen molar-refractivity contribution in [1.29, 1.82) is 0 Å². The van der Waals surface area contributed by atoms with Gasteiger partial charge in [-0.05, 0) is 31.7 Å². The summed E-state index contributed by atoms with van der Waals surface area (Å²) >= 11 is 3.42. The largest absolute Gasteiger partial charge is 0.339 e. The summed E-state index contributed by atoms with van der Waals surface area (Å²) in [6, 6.07) is 10.7. The van der Waals surface area contributed by atoms with E-state index < -0.39 is 0 Å². The molecule has 1 saturated carbocycles. The number of rotatable bonds is 5. The molecule has 0 spiro atoms. The number of hydrogen-bond donors (Lipinski definition) is 0. The van der Waals surface area contributed by atoms with E-state index in [0.717, 1.165) is 18.3 Å². The Kier molecular flexibility index (Phi) is 4.44. The molecule has 0 heterocycles. The van der Waals surface area contributed by atoms with Crippen molar-refractivity contribution in [3.05, 3.63) is 35.9 Å². The van der Waals surface area contributed by atoms with Crippen LogP contribution in [-0.4, -0.2) is 28.7 Å². The van der Waals surface area contributed by atoms with E-state index in [-0.39, 0.29) is 12.0 Å². The van der Waals surface area contributed by atoms with Crippen LogP contribution in [-0.2, 0) is 4.79 Å². The van der Waals surface area contributed by atoms with Gasteiger partial charge in [-0.2, -0.15) is 0 Å². The highest BCUT2D eigenvalue weighted by Gasteiger charge is 2.45. The Bertz CT molecular complexity index is 404. The van der Waals surface area contributed by atoms with Crippen LogP contribution >= 0.6 is 15.9 Å². The molecule has 0 N–H and O–H groups in total. The average molecular weight is 310 g/mol. The molecule has 1 aliphatic carbocycles. The number of hydrogen-bond acceptors (Lipinski definition) is 1. The maximum absolute atomic E-state index is 12.4. The molecule has 98 valence electrons. The summed E-state index contributed by atoms with van der Waals surface area (Å²) in [5, 5.41) is 0.847. The summed E-state index contributed by atoms with van der Waals surface area (Å²) in [6.07, 6.45) is 1.01.